The van der Waals surface area contributed by atoms with Gasteiger partial charge >= 0.3 is 0 Å². The van der Waals surface area contributed by atoms with E-state index in [1.54, 1.807) is 19.2 Å². The van der Waals surface area contributed by atoms with Gasteiger partial charge in [-0.3, -0.25) is 14.8 Å². The lowest BCUT2D eigenvalue weighted by Gasteiger charge is -2.17. The van der Waals surface area contributed by atoms with Gasteiger partial charge in [0.25, 0.3) is 5.91 Å². The molecule has 0 bridgehead atoms. The number of amides is 1. The number of benzene rings is 2. The zero-order chi connectivity index (χ0) is 26.4. The minimum absolute atomic E-state index is 0.250. The van der Waals surface area contributed by atoms with E-state index in [2.05, 4.69) is 15.7 Å². The normalized spacial score (nSPS) is 11.2. The summed E-state index contributed by atoms with van der Waals surface area (Å²) in [6.45, 7) is 6.20. The molecule has 192 valence electrons. The third-order valence-corrected chi connectivity index (χ3v) is 5.82. The first-order chi connectivity index (χ1) is 17.2. The number of nitrogens with one attached hydrogen (secondary N) is 2. The molecular formula is C26H33N5O5. The Kier molecular flexibility index (Phi) is 8.42. The molecule has 2 aromatic carbocycles. The molecular weight excluding hydrogens is 462 g/mol. The average Bonchev–Trinajstić information content (AvgIpc) is 3.11. The zero-order valence-electron chi connectivity index (χ0n) is 22.0. The quantitative estimate of drug-likeness (QED) is 0.362. The van der Waals surface area contributed by atoms with Gasteiger partial charge in [0.1, 0.15) is 5.75 Å². The number of aliphatic imine (C=N–C) groups is 1. The second kappa shape index (κ2) is 11.5. The Morgan fingerprint density at radius 2 is 1.58 bits per heavy atom. The maximum absolute atomic E-state index is 13.3. The zero-order valence-corrected chi connectivity index (χ0v) is 22.0. The number of aromatic nitrogens is 2. The fraction of sp³-hybridized carbons (Fsp3) is 0.346. The fourth-order valence-electron chi connectivity index (χ4n) is 3.75. The SMILES string of the molecule is COc1ccc(C)cc1NC(=NCc1c(C)nn(C)c1C)NC(=O)c1cc(OC)c(OC)c(OC)c1. The van der Waals surface area contributed by atoms with Gasteiger partial charge in [-0.25, -0.2) is 4.99 Å². The summed E-state index contributed by atoms with van der Waals surface area (Å²) < 4.78 is 23.4. The van der Waals surface area contributed by atoms with Gasteiger partial charge in [-0.1, -0.05) is 6.07 Å². The van der Waals surface area contributed by atoms with Crippen molar-refractivity contribution in [2.24, 2.45) is 12.0 Å². The molecule has 0 saturated heterocycles. The van der Waals surface area contributed by atoms with Crippen molar-refractivity contribution in [3.05, 3.63) is 58.4 Å². The van der Waals surface area contributed by atoms with Crippen molar-refractivity contribution in [2.45, 2.75) is 27.3 Å². The number of guanidine groups is 1. The Balaban J connectivity index is 1.99. The summed E-state index contributed by atoms with van der Waals surface area (Å²) in [6, 6.07) is 8.87. The van der Waals surface area contributed by atoms with Crippen LogP contribution in [0.3, 0.4) is 0 Å². The van der Waals surface area contributed by atoms with E-state index in [1.165, 1.54) is 21.3 Å². The summed E-state index contributed by atoms with van der Waals surface area (Å²) in [4.78, 5) is 18.0. The second-order valence-electron chi connectivity index (χ2n) is 8.13. The highest BCUT2D eigenvalue weighted by Crippen LogP contribution is 2.38. The summed E-state index contributed by atoms with van der Waals surface area (Å²) in [6.07, 6.45) is 0. The van der Waals surface area contributed by atoms with Crippen LogP contribution in [0.2, 0.25) is 0 Å². The summed E-state index contributed by atoms with van der Waals surface area (Å²) in [5.41, 5.74) is 4.86. The number of hydrogen-bond acceptors (Lipinski definition) is 7. The van der Waals surface area contributed by atoms with Gasteiger partial charge in [-0.15, -0.1) is 0 Å². The maximum Gasteiger partial charge on any atom is 0.258 e. The van der Waals surface area contributed by atoms with Gasteiger partial charge in [0, 0.05) is 23.9 Å². The molecule has 0 fully saturated rings. The number of rotatable bonds is 8. The van der Waals surface area contributed by atoms with Crippen LogP contribution in [0.5, 0.6) is 23.0 Å². The van der Waals surface area contributed by atoms with Crippen LogP contribution >= 0.6 is 0 Å². The molecule has 1 aromatic heterocycles. The van der Waals surface area contributed by atoms with Crippen molar-refractivity contribution in [2.75, 3.05) is 33.8 Å². The van der Waals surface area contributed by atoms with Crippen LogP contribution in [-0.2, 0) is 13.6 Å². The van der Waals surface area contributed by atoms with E-state index in [0.717, 1.165) is 22.5 Å². The van der Waals surface area contributed by atoms with Crippen molar-refractivity contribution < 1.29 is 23.7 Å². The standard InChI is InChI=1S/C26H33N5O5/c1-15-9-10-21(33-5)20(11-15)28-26(27-14-19-16(2)30-31(4)17(19)3)29-25(32)18-12-22(34-6)24(36-8)23(13-18)35-7/h9-13H,14H2,1-8H3,(H2,27,28,29,32). The van der Waals surface area contributed by atoms with Crippen molar-refractivity contribution in [3.63, 3.8) is 0 Å². The van der Waals surface area contributed by atoms with Crippen LogP contribution < -0.4 is 29.6 Å². The number of carbonyl (C=O) groups excluding carboxylic acids is 1. The van der Waals surface area contributed by atoms with Crippen LogP contribution in [0.4, 0.5) is 5.69 Å². The van der Waals surface area contributed by atoms with E-state index >= 15 is 0 Å². The third-order valence-electron chi connectivity index (χ3n) is 5.82. The molecule has 2 N–H and O–H groups in total. The lowest BCUT2D eigenvalue weighted by molar-refractivity contribution is 0.0976. The summed E-state index contributed by atoms with van der Waals surface area (Å²) in [7, 11) is 7.97. The van der Waals surface area contributed by atoms with E-state index in [4.69, 9.17) is 23.9 Å². The molecule has 1 amide bonds. The molecule has 0 radical (unpaired) electrons. The van der Waals surface area contributed by atoms with E-state index < -0.39 is 5.91 Å². The fourth-order valence-corrected chi connectivity index (χ4v) is 3.75. The van der Waals surface area contributed by atoms with E-state index in [9.17, 15) is 4.79 Å². The first-order valence-electron chi connectivity index (χ1n) is 11.3. The molecule has 10 heteroatoms. The van der Waals surface area contributed by atoms with Crippen LogP contribution in [-0.4, -0.2) is 50.1 Å². The van der Waals surface area contributed by atoms with Crippen LogP contribution in [0.1, 0.15) is 32.9 Å². The van der Waals surface area contributed by atoms with E-state index in [-0.39, 0.29) is 5.96 Å². The first kappa shape index (κ1) is 26.4. The number of anilines is 1. The van der Waals surface area contributed by atoms with Crippen LogP contribution in [0.25, 0.3) is 0 Å². The summed E-state index contributed by atoms with van der Waals surface area (Å²) in [5.74, 6) is 1.59. The molecule has 1 heterocycles. The van der Waals surface area contributed by atoms with Crippen molar-refractivity contribution in [3.8, 4) is 23.0 Å². The molecule has 3 aromatic rings. The minimum atomic E-state index is -0.410. The Morgan fingerprint density at radius 1 is 0.944 bits per heavy atom. The number of methoxy groups -OCH3 is 4. The third kappa shape index (κ3) is 5.70. The van der Waals surface area contributed by atoms with Crippen molar-refractivity contribution in [1.82, 2.24) is 15.1 Å². The molecule has 0 aliphatic carbocycles. The van der Waals surface area contributed by atoms with Gasteiger partial charge in [-0.2, -0.15) is 5.10 Å². The van der Waals surface area contributed by atoms with Gasteiger partial charge in [0.05, 0.1) is 46.4 Å². The van der Waals surface area contributed by atoms with Crippen LogP contribution in [0.15, 0.2) is 35.3 Å². The first-order valence-corrected chi connectivity index (χ1v) is 11.3. The molecule has 0 saturated carbocycles. The number of nitrogens with zero attached hydrogens (tertiary/aromatic N) is 3. The van der Waals surface area contributed by atoms with Gasteiger partial charge in [0.15, 0.2) is 11.5 Å². The molecule has 3 rings (SSSR count). The van der Waals surface area contributed by atoms with Crippen molar-refractivity contribution in [1.29, 1.82) is 0 Å². The molecule has 0 unspecified atom stereocenters. The Morgan fingerprint density at radius 3 is 2.11 bits per heavy atom. The predicted molar refractivity (Wildman–Crippen MR) is 139 cm³/mol. The van der Waals surface area contributed by atoms with Gasteiger partial charge < -0.3 is 24.3 Å². The summed E-state index contributed by atoms with van der Waals surface area (Å²) in [5, 5.41) is 10.5. The molecule has 0 atom stereocenters. The second-order valence-corrected chi connectivity index (χ2v) is 8.13. The molecule has 10 nitrogen and oxygen atoms in total. The smallest absolute Gasteiger partial charge is 0.258 e. The minimum Gasteiger partial charge on any atom is -0.495 e. The monoisotopic (exact) mass is 495 g/mol. The lowest BCUT2D eigenvalue weighted by atomic mass is 10.1. The van der Waals surface area contributed by atoms with Crippen molar-refractivity contribution >= 4 is 17.6 Å². The molecule has 36 heavy (non-hydrogen) atoms. The lowest BCUT2D eigenvalue weighted by Crippen LogP contribution is -2.36. The Labute approximate surface area is 211 Å². The van der Waals surface area contributed by atoms with Gasteiger partial charge in [-0.05, 0) is 50.6 Å². The molecule has 0 aliphatic heterocycles. The molecule has 0 spiro atoms. The van der Waals surface area contributed by atoms with E-state index in [1.807, 2.05) is 50.7 Å². The van der Waals surface area contributed by atoms with Crippen LogP contribution in [0, 0.1) is 20.8 Å². The van der Waals surface area contributed by atoms with E-state index in [0.29, 0.717) is 40.8 Å². The highest BCUT2D eigenvalue weighted by atomic mass is 16.5. The maximum atomic E-state index is 13.3. The largest absolute Gasteiger partial charge is 0.495 e. The summed E-state index contributed by atoms with van der Waals surface area (Å²) >= 11 is 0. The predicted octanol–water partition coefficient (Wildman–Crippen LogP) is 3.78. The Bertz CT molecular complexity index is 1260. The Hall–Kier alpha value is -4.21. The number of ether oxygens (including phenoxy) is 4. The number of carbonyl (C=O) groups is 1. The highest BCUT2D eigenvalue weighted by molar-refractivity contribution is 6.10. The highest BCUT2D eigenvalue weighted by Gasteiger charge is 2.19. The average molecular weight is 496 g/mol. The van der Waals surface area contributed by atoms with Gasteiger partial charge in [0.2, 0.25) is 11.7 Å². The molecule has 0 aliphatic rings. The number of hydrogen-bond donors (Lipinski definition) is 2. The number of aryl methyl sites for hydroxylation is 3. The topological polar surface area (TPSA) is 108 Å².